The van der Waals surface area contributed by atoms with E-state index in [2.05, 4.69) is 0 Å². The number of aromatic hydroxyl groups is 1. The fourth-order valence-electron chi connectivity index (χ4n) is 3.19. The van der Waals surface area contributed by atoms with Crippen LogP contribution in [-0.2, 0) is 15.6 Å². The van der Waals surface area contributed by atoms with Gasteiger partial charge in [0.1, 0.15) is 5.75 Å². The summed E-state index contributed by atoms with van der Waals surface area (Å²) in [6.07, 6.45) is 0. The summed E-state index contributed by atoms with van der Waals surface area (Å²) in [6.45, 7) is 0. The van der Waals surface area contributed by atoms with E-state index in [0.29, 0.717) is 5.56 Å². The summed E-state index contributed by atoms with van der Waals surface area (Å²) >= 11 is 0. The van der Waals surface area contributed by atoms with Crippen LogP contribution < -0.4 is 0 Å². The quantitative estimate of drug-likeness (QED) is 0.535. The molecule has 4 rings (SSSR count). The van der Waals surface area contributed by atoms with E-state index in [0.717, 1.165) is 21.9 Å². The number of hydrogen-bond acceptors (Lipinski definition) is 3. The van der Waals surface area contributed by atoms with Gasteiger partial charge in [0.05, 0.1) is 10.6 Å². The van der Waals surface area contributed by atoms with Gasteiger partial charge in [-0.25, -0.2) is 8.42 Å². The number of phenols is 1. The number of hydrogen-bond donors (Lipinski definition) is 1. The van der Waals surface area contributed by atoms with Crippen molar-refractivity contribution in [2.24, 2.45) is 0 Å². The fraction of sp³-hybridized carbons (Fsp3) is 0.0435. The molecule has 0 aliphatic rings. The van der Waals surface area contributed by atoms with E-state index in [1.807, 2.05) is 72.8 Å². The number of benzene rings is 4. The van der Waals surface area contributed by atoms with Gasteiger partial charge in [0.15, 0.2) is 9.84 Å². The highest BCUT2D eigenvalue weighted by molar-refractivity contribution is 7.90. The van der Waals surface area contributed by atoms with Crippen molar-refractivity contribution in [1.82, 2.24) is 0 Å². The average Bonchev–Trinajstić information content (AvgIpc) is 2.68. The van der Waals surface area contributed by atoms with E-state index in [1.54, 1.807) is 6.07 Å². The third-order valence-corrected chi connectivity index (χ3v) is 6.27. The Labute approximate surface area is 158 Å². The molecule has 0 aromatic heterocycles. The number of sulfone groups is 1. The molecule has 27 heavy (non-hydrogen) atoms. The summed E-state index contributed by atoms with van der Waals surface area (Å²) in [5.74, 6) is -0.0255. The Bertz CT molecular complexity index is 1210. The molecule has 0 spiro atoms. The van der Waals surface area contributed by atoms with Crippen molar-refractivity contribution in [1.29, 1.82) is 0 Å². The molecule has 1 N–H and O–H groups in total. The average molecular weight is 374 g/mol. The van der Waals surface area contributed by atoms with Gasteiger partial charge < -0.3 is 5.11 Å². The van der Waals surface area contributed by atoms with Crippen molar-refractivity contribution in [2.45, 2.75) is 10.6 Å². The minimum atomic E-state index is -3.54. The van der Waals surface area contributed by atoms with E-state index < -0.39 is 9.84 Å². The maximum atomic E-state index is 13.0. The van der Waals surface area contributed by atoms with E-state index in [-0.39, 0.29) is 16.4 Å². The fourth-order valence-corrected chi connectivity index (χ4v) is 4.55. The SMILES string of the molecule is O=S(=O)(Cc1ccc2ccccc2c1)c1ccc(O)c(-c2ccccc2)c1. The second-order valence-electron chi connectivity index (χ2n) is 6.49. The predicted octanol–water partition coefficient (Wildman–Crippen LogP) is 5.19. The second kappa shape index (κ2) is 6.89. The summed E-state index contributed by atoms with van der Waals surface area (Å²) in [4.78, 5) is 0.201. The number of fused-ring (bicyclic) bond motifs is 1. The van der Waals surface area contributed by atoms with Gasteiger partial charge in [-0.3, -0.25) is 0 Å². The summed E-state index contributed by atoms with van der Waals surface area (Å²) in [6, 6.07) is 27.3. The summed E-state index contributed by atoms with van der Waals surface area (Å²) < 4.78 is 25.9. The lowest BCUT2D eigenvalue weighted by Gasteiger charge is -2.10. The first-order valence-electron chi connectivity index (χ1n) is 8.62. The van der Waals surface area contributed by atoms with Crippen molar-refractivity contribution in [2.75, 3.05) is 0 Å². The molecule has 0 fully saturated rings. The normalized spacial score (nSPS) is 11.6. The topological polar surface area (TPSA) is 54.4 Å². The molecular formula is C23H18O3S. The summed E-state index contributed by atoms with van der Waals surface area (Å²) in [5, 5.41) is 12.3. The Morgan fingerprint density at radius 3 is 2.19 bits per heavy atom. The van der Waals surface area contributed by atoms with Crippen molar-refractivity contribution in [3.63, 3.8) is 0 Å². The third kappa shape index (κ3) is 3.57. The standard InChI is InChI=1S/C23H18O3S/c24-23-13-12-21(15-22(23)19-7-2-1-3-8-19)27(25,26)16-17-10-11-18-6-4-5-9-20(18)14-17/h1-15,24H,16H2. The Hall–Kier alpha value is -3.11. The van der Waals surface area contributed by atoms with Crippen LogP contribution in [0.25, 0.3) is 21.9 Å². The van der Waals surface area contributed by atoms with Gasteiger partial charge in [0, 0.05) is 5.56 Å². The molecule has 0 aliphatic heterocycles. The zero-order valence-corrected chi connectivity index (χ0v) is 15.4. The van der Waals surface area contributed by atoms with Crippen molar-refractivity contribution >= 4 is 20.6 Å². The molecule has 3 nitrogen and oxygen atoms in total. The first-order valence-corrected chi connectivity index (χ1v) is 10.3. The molecule has 0 saturated carbocycles. The molecule has 0 atom stereocenters. The van der Waals surface area contributed by atoms with E-state index in [1.165, 1.54) is 12.1 Å². The highest BCUT2D eigenvalue weighted by Gasteiger charge is 2.18. The Morgan fingerprint density at radius 2 is 1.41 bits per heavy atom. The van der Waals surface area contributed by atoms with E-state index >= 15 is 0 Å². The number of phenolic OH excluding ortho intramolecular Hbond substituents is 1. The lowest BCUT2D eigenvalue weighted by atomic mass is 10.1. The molecule has 0 amide bonds. The minimum Gasteiger partial charge on any atom is -0.507 e. The van der Waals surface area contributed by atoms with Gasteiger partial charge in [-0.1, -0.05) is 72.8 Å². The molecule has 0 radical (unpaired) electrons. The summed E-state index contributed by atoms with van der Waals surface area (Å²) in [7, 11) is -3.54. The molecule has 4 aromatic carbocycles. The maximum Gasteiger partial charge on any atom is 0.182 e. The maximum absolute atomic E-state index is 13.0. The highest BCUT2D eigenvalue weighted by Crippen LogP contribution is 2.32. The van der Waals surface area contributed by atoms with Crippen LogP contribution in [0.5, 0.6) is 5.75 Å². The highest BCUT2D eigenvalue weighted by atomic mass is 32.2. The monoisotopic (exact) mass is 374 g/mol. The van der Waals surface area contributed by atoms with Crippen LogP contribution in [-0.4, -0.2) is 13.5 Å². The molecule has 4 aromatic rings. The van der Waals surface area contributed by atoms with Gasteiger partial charge in [-0.15, -0.1) is 0 Å². The van der Waals surface area contributed by atoms with Gasteiger partial charge in [-0.05, 0) is 40.1 Å². The molecule has 4 heteroatoms. The van der Waals surface area contributed by atoms with E-state index in [9.17, 15) is 13.5 Å². The third-order valence-electron chi connectivity index (χ3n) is 4.58. The zero-order chi connectivity index (χ0) is 18.9. The van der Waals surface area contributed by atoms with E-state index in [4.69, 9.17) is 0 Å². The Balaban J connectivity index is 1.71. The Morgan fingerprint density at radius 1 is 0.704 bits per heavy atom. The lowest BCUT2D eigenvalue weighted by Crippen LogP contribution is -2.05. The van der Waals surface area contributed by atoms with Crippen LogP contribution in [0.3, 0.4) is 0 Å². The summed E-state index contributed by atoms with van der Waals surface area (Å²) in [5.41, 5.74) is 2.02. The molecule has 0 unspecified atom stereocenters. The van der Waals surface area contributed by atoms with Crippen molar-refractivity contribution in [3.8, 4) is 16.9 Å². The van der Waals surface area contributed by atoms with Crippen LogP contribution >= 0.6 is 0 Å². The van der Waals surface area contributed by atoms with Crippen LogP contribution in [0.4, 0.5) is 0 Å². The molecule has 0 saturated heterocycles. The zero-order valence-electron chi connectivity index (χ0n) is 14.5. The molecule has 0 bridgehead atoms. The first kappa shape index (κ1) is 17.3. The van der Waals surface area contributed by atoms with Crippen LogP contribution in [0.15, 0.2) is 95.9 Å². The second-order valence-corrected chi connectivity index (χ2v) is 8.48. The largest absolute Gasteiger partial charge is 0.507 e. The first-order chi connectivity index (χ1) is 13.0. The molecular weight excluding hydrogens is 356 g/mol. The van der Waals surface area contributed by atoms with Crippen LogP contribution in [0.1, 0.15) is 5.56 Å². The van der Waals surface area contributed by atoms with Gasteiger partial charge in [0.2, 0.25) is 0 Å². The molecule has 0 heterocycles. The predicted molar refractivity (Wildman–Crippen MR) is 108 cm³/mol. The lowest BCUT2D eigenvalue weighted by molar-refractivity contribution is 0.477. The molecule has 134 valence electrons. The smallest absolute Gasteiger partial charge is 0.182 e. The van der Waals surface area contributed by atoms with Gasteiger partial charge in [0.25, 0.3) is 0 Å². The van der Waals surface area contributed by atoms with Crippen LogP contribution in [0, 0.1) is 0 Å². The van der Waals surface area contributed by atoms with Crippen molar-refractivity contribution in [3.05, 3.63) is 96.6 Å². The molecule has 0 aliphatic carbocycles. The van der Waals surface area contributed by atoms with Crippen molar-refractivity contribution < 1.29 is 13.5 Å². The Kier molecular flexibility index (Phi) is 4.42. The minimum absolute atomic E-state index is 0.0610. The van der Waals surface area contributed by atoms with Gasteiger partial charge >= 0.3 is 0 Å². The van der Waals surface area contributed by atoms with Gasteiger partial charge in [-0.2, -0.15) is 0 Å². The number of rotatable bonds is 4. The van der Waals surface area contributed by atoms with Crippen LogP contribution in [0.2, 0.25) is 0 Å².